The zero-order valence-electron chi connectivity index (χ0n) is 13.6. The Labute approximate surface area is 132 Å². The number of aromatic nitrogens is 2. The number of nitrogens with zero attached hydrogens (tertiary/aromatic N) is 3. The maximum Gasteiger partial charge on any atom is 0.242 e. The number of nitrogens with two attached hydrogens (primary N) is 1. The largest absolute Gasteiger partial charge is 0.476 e. The second kappa shape index (κ2) is 8.75. The molecule has 0 aliphatic carbocycles. The highest BCUT2D eigenvalue weighted by atomic mass is 16.5. The van der Waals surface area contributed by atoms with E-state index in [2.05, 4.69) is 20.2 Å². The van der Waals surface area contributed by atoms with E-state index in [9.17, 15) is 0 Å². The Balaban J connectivity index is 1.86. The lowest BCUT2D eigenvalue weighted by molar-refractivity contribution is 0.0378. The minimum absolute atomic E-state index is 0.477. The summed E-state index contributed by atoms with van der Waals surface area (Å²) in [4.78, 5) is 11.2. The van der Waals surface area contributed by atoms with Crippen LogP contribution in [0.25, 0.3) is 0 Å². The molecule has 0 bridgehead atoms. The van der Waals surface area contributed by atoms with Crippen molar-refractivity contribution in [3.8, 4) is 5.88 Å². The van der Waals surface area contributed by atoms with Gasteiger partial charge >= 0.3 is 0 Å². The van der Waals surface area contributed by atoms with Crippen LogP contribution >= 0.6 is 0 Å². The third kappa shape index (κ3) is 4.71. The van der Waals surface area contributed by atoms with E-state index < -0.39 is 0 Å². The topological polar surface area (TPSA) is 85.5 Å². The van der Waals surface area contributed by atoms with Crippen molar-refractivity contribution in [1.29, 1.82) is 0 Å². The molecule has 3 N–H and O–H groups in total. The summed E-state index contributed by atoms with van der Waals surface area (Å²) in [7, 11) is 0. The lowest BCUT2D eigenvalue weighted by Gasteiger charge is -2.26. The number of nitrogens with one attached hydrogen (secondary N) is 1. The van der Waals surface area contributed by atoms with E-state index in [1.165, 1.54) is 0 Å². The van der Waals surface area contributed by atoms with E-state index in [1.54, 1.807) is 0 Å². The van der Waals surface area contributed by atoms with Crippen molar-refractivity contribution in [2.24, 2.45) is 0 Å². The predicted molar refractivity (Wildman–Crippen MR) is 87.4 cm³/mol. The fraction of sp³-hybridized carbons (Fsp3) is 0.733. The summed E-state index contributed by atoms with van der Waals surface area (Å²) in [6.07, 6.45) is 1.79. The first-order valence-corrected chi connectivity index (χ1v) is 8.07. The second-order valence-electron chi connectivity index (χ2n) is 5.23. The van der Waals surface area contributed by atoms with Gasteiger partial charge < -0.3 is 20.5 Å². The summed E-state index contributed by atoms with van der Waals surface area (Å²) in [6.45, 7) is 10.1. The SMILES string of the molecule is CCOc1nc(CC)nc(NCCCN2CCOCC2)c1N. The Morgan fingerprint density at radius 2 is 2.05 bits per heavy atom. The Kier molecular flexibility index (Phi) is 6.67. The molecule has 0 radical (unpaired) electrons. The van der Waals surface area contributed by atoms with Crippen molar-refractivity contribution in [2.75, 3.05) is 57.1 Å². The lowest BCUT2D eigenvalue weighted by atomic mass is 10.3. The molecule has 22 heavy (non-hydrogen) atoms. The van der Waals surface area contributed by atoms with Crippen LogP contribution in [0.1, 0.15) is 26.1 Å². The fourth-order valence-corrected chi connectivity index (χ4v) is 2.37. The van der Waals surface area contributed by atoms with Gasteiger partial charge in [0.05, 0.1) is 19.8 Å². The molecule has 0 atom stereocenters. The van der Waals surface area contributed by atoms with Gasteiger partial charge in [-0.15, -0.1) is 0 Å². The molecule has 124 valence electrons. The Hall–Kier alpha value is -1.60. The maximum absolute atomic E-state index is 6.08. The molecule has 2 heterocycles. The summed E-state index contributed by atoms with van der Waals surface area (Å²) in [5.74, 6) is 1.90. The van der Waals surface area contributed by atoms with Gasteiger partial charge in [-0.1, -0.05) is 6.92 Å². The van der Waals surface area contributed by atoms with E-state index in [1.807, 2.05) is 13.8 Å². The van der Waals surface area contributed by atoms with Crippen LogP contribution in [0.3, 0.4) is 0 Å². The maximum atomic E-state index is 6.08. The zero-order valence-corrected chi connectivity index (χ0v) is 13.6. The van der Waals surface area contributed by atoms with Gasteiger partial charge in [0.15, 0.2) is 5.82 Å². The van der Waals surface area contributed by atoms with E-state index in [4.69, 9.17) is 15.2 Å². The summed E-state index contributed by atoms with van der Waals surface area (Å²) < 4.78 is 10.8. The Morgan fingerprint density at radius 1 is 1.27 bits per heavy atom. The molecule has 1 saturated heterocycles. The van der Waals surface area contributed by atoms with Crippen molar-refractivity contribution in [3.05, 3.63) is 5.82 Å². The molecule has 0 amide bonds. The van der Waals surface area contributed by atoms with Gasteiger partial charge in [-0.3, -0.25) is 4.90 Å². The Morgan fingerprint density at radius 3 is 2.73 bits per heavy atom. The number of hydrogen-bond donors (Lipinski definition) is 2. The van der Waals surface area contributed by atoms with Crippen LogP contribution < -0.4 is 15.8 Å². The smallest absolute Gasteiger partial charge is 0.242 e. The van der Waals surface area contributed by atoms with Crippen molar-refractivity contribution in [3.63, 3.8) is 0 Å². The first-order chi connectivity index (χ1) is 10.7. The molecule has 0 aromatic carbocycles. The van der Waals surface area contributed by atoms with Gasteiger partial charge in [0, 0.05) is 26.1 Å². The molecule has 1 aliphatic rings. The van der Waals surface area contributed by atoms with Crippen LogP contribution in [-0.4, -0.2) is 60.9 Å². The predicted octanol–water partition coefficient (Wildman–Crippen LogP) is 1.15. The fourth-order valence-electron chi connectivity index (χ4n) is 2.37. The molecule has 0 saturated carbocycles. The van der Waals surface area contributed by atoms with Crippen molar-refractivity contribution in [2.45, 2.75) is 26.7 Å². The van der Waals surface area contributed by atoms with Crippen LogP contribution in [0.2, 0.25) is 0 Å². The monoisotopic (exact) mass is 309 g/mol. The lowest BCUT2D eigenvalue weighted by Crippen LogP contribution is -2.37. The van der Waals surface area contributed by atoms with Crippen molar-refractivity contribution in [1.82, 2.24) is 14.9 Å². The highest BCUT2D eigenvalue weighted by Crippen LogP contribution is 2.26. The number of nitrogen functional groups attached to an aromatic ring is 1. The molecule has 1 aliphatic heterocycles. The van der Waals surface area contributed by atoms with E-state index in [-0.39, 0.29) is 0 Å². The standard InChI is InChI=1S/C15H27N5O2/c1-3-12-18-14(13(16)15(19-12)22-4-2)17-6-5-7-20-8-10-21-11-9-20/h3-11,16H2,1-2H3,(H,17,18,19). The third-order valence-corrected chi connectivity index (χ3v) is 3.60. The number of hydrogen-bond acceptors (Lipinski definition) is 7. The van der Waals surface area contributed by atoms with E-state index >= 15 is 0 Å². The van der Waals surface area contributed by atoms with Gasteiger partial charge in [0.2, 0.25) is 5.88 Å². The first-order valence-electron chi connectivity index (χ1n) is 8.07. The number of ether oxygens (including phenoxy) is 2. The Bertz CT molecular complexity index is 463. The first kappa shape index (κ1) is 16.8. The molecule has 1 aromatic heterocycles. The number of anilines is 2. The average Bonchev–Trinajstić information content (AvgIpc) is 2.55. The van der Waals surface area contributed by atoms with E-state index in [0.717, 1.165) is 58.1 Å². The molecule has 0 spiro atoms. The molecular formula is C15H27N5O2. The number of rotatable bonds is 8. The highest BCUT2D eigenvalue weighted by molar-refractivity contribution is 5.66. The van der Waals surface area contributed by atoms with Crippen LogP contribution in [0.4, 0.5) is 11.5 Å². The molecular weight excluding hydrogens is 282 g/mol. The number of aryl methyl sites for hydroxylation is 1. The molecule has 1 fully saturated rings. The number of morpholine rings is 1. The molecule has 7 nitrogen and oxygen atoms in total. The van der Waals surface area contributed by atoms with Gasteiger partial charge in [-0.25, -0.2) is 4.98 Å². The zero-order chi connectivity index (χ0) is 15.8. The molecule has 1 aromatic rings. The summed E-state index contributed by atoms with van der Waals surface area (Å²) in [5.41, 5.74) is 6.57. The summed E-state index contributed by atoms with van der Waals surface area (Å²) in [5, 5.41) is 3.31. The van der Waals surface area contributed by atoms with Crippen LogP contribution in [0.15, 0.2) is 0 Å². The van der Waals surface area contributed by atoms with Crippen LogP contribution in [-0.2, 0) is 11.2 Å². The van der Waals surface area contributed by atoms with Crippen molar-refractivity contribution >= 4 is 11.5 Å². The van der Waals surface area contributed by atoms with Gasteiger partial charge in [0.25, 0.3) is 0 Å². The molecule has 7 heteroatoms. The highest BCUT2D eigenvalue weighted by Gasteiger charge is 2.13. The average molecular weight is 309 g/mol. The minimum Gasteiger partial charge on any atom is -0.476 e. The minimum atomic E-state index is 0.477. The normalized spacial score (nSPS) is 15.7. The van der Waals surface area contributed by atoms with Gasteiger partial charge in [-0.2, -0.15) is 4.98 Å². The quantitative estimate of drug-likeness (QED) is 0.697. The molecule has 2 rings (SSSR count). The second-order valence-corrected chi connectivity index (χ2v) is 5.23. The van der Waals surface area contributed by atoms with Crippen LogP contribution in [0, 0.1) is 0 Å². The van der Waals surface area contributed by atoms with Crippen LogP contribution in [0.5, 0.6) is 5.88 Å². The van der Waals surface area contributed by atoms with E-state index in [0.29, 0.717) is 24.0 Å². The summed E-state index contributed by atoms with van der Waals surface area (Å²) in [6, 6.07) is 0. The third-order valence-electron chi connectivity index (χ3n) is 3.60. The van der Waals surface area contributed by atoms with Gasteiger partial charge in [0.1, 0.15) is 11.5 Å². The van der Waals surface area contributed by atoms with Gasteiger partial charge in [-0.05, 0) is 19.9 Å². The molecule has 0 unspecified atom stereocenters. The summed E-state index contributed by atoms with van der Waals surface area (Å²) >= 11 is 0. The van der Waals surface area contributed by atoms with Crippen molar-refractivity contribution < 1.29 is 9.47 Å².